The Hall–Kier alpha value is -2.19. The highest BCUT2D eigenvalue weighted by Crippen LogP contribution is 2.29. The molecule has 1 aliphatic rings. The monoisotopic (exact) mass is 488 g/mol. The minimum Gasteiger partial charge on any atom is -0.344 e. The summed E-state index contributed by atoms with van der Waals surface area (Å²) in [6.07, 6.45) is 0.980. The van der Waals surface area contributed by atoms with Crippen LogP contribution in [0.15, 0.2) is 70.9 Å². The Balaban J connectivity index is 1.43. The van der Waals surface area contributed by atoms with E-state index in [1.165, 1.54) is 22.0 Å². The topological polar surface area (TPSA) is 66.5 Å². The molecule has 1 aromatic heterocycles. The third-order valence-electron chi connectivity index (χ3n) is 5.80. The van der Waals surface area contributed by atoms with E-state index < -0.39 is 10.0 Å². The standard InChI is InChI=1S/C24H25ClN2O3S2/c1-17-4-6-18(7-5-17)23(22-3-2-16-31-22)26-24(28)19-12-14-27(15-13-19)32(29,30)21-10-8-20(25)9-11-21/h2-11,16,19,23H,12-15H2,1H3,(H,26,28). The molecule has 1 amide bonds. The van der Waals surface area contributed by atoms with Crippen LogP contribution in [-0.2, 0) is 14.8 Å². The van der Waals surface area contributed by atoms with Crippen LogP contribution >= 0.6 is 22.9 Å². The van der Waals surface area contributed by atoms with Gasteiger partial charge in [0, 0.05) is 28.9 Å². The fraction of sp³-hybridized carbons (Fsp3) is 0.292. The van der Waals surface area contributed by atoms with Crippen molar-refractivity contribution in [1.29, 1.82) is 0 Å². The second kappa shape index (κ2) is 9.75. The van der Waals surface area contributed by atoms with E-state index in [-0.39, 0.29) is 22.8 Å². The van der Waals surface area contributed by atoms with E-state index in [9.17, 15) is 13.2 Å². The Morgan fingerprint density at radius 2 is 1.72 bits per heavy atom. The van der Waals surface area contributed by atoms with Gasteiger partial charge in [-0.3, -0.25) is 4.79 Å². The second-order valence-electron chi connectivity index (χ2n) is 8.00. The number of piperidine rings is 1. The van der Waals surface area contributed by atoms with Crippen molar-refractivity contribution in [3.05, 3.63) is 87.1 Å². The van der Waals surface area contributed by atoms with Crippen LogP contribution in [-0.4, -0.2) is 31.7 Å². The highest BCUT2D eigenvalue weighted by Gasteiger charge is 2.33. The van der Waals surface area contributed by atoms with Crippen molar-refractivity contribution >= 4 is 38.9 Å². The lowest BCUT2D eigenvalue weighted by Gasteiger charge is -2.31. The summed E-state index contributed by atoms with van der Waals surface area (Å²) in [5.41, 5.74) is 2.20. The number of benzene rings is 2. The number of carbonyl (C=O) groups excluding carboxylic acids is 1. The molecular formula is C24H25ClN2O3S2. The van der Waals surface area contributed by atoms with Crippen LogP contribution in [0.1, 0.15) is 34.9 Å². The molecule has 0 aliphatic carbocycles. The molecule has 168 valence electrons. The predicted molar refractivity (Wildman–Crippen MR) is 128 cm³/mol. The SMILES string of the molecule is Cc1ccc(C(NC(=O)C2CCN(S(=O)(=O)c3ccc(Cl)cc3)CC2)c2cccs2)cc1. The van der Waals surface area contributed by atoms with Gasteiger partial charge in [-0.25, -0.2) is 8.42 Å². The van der Waals surface area contributed by atoms with Gasteiger partial charge in [-0.1, -0.05) is 47.5 Å². The molecule has 2 heterocycles. The fourth-order valence-electron chi connectivity index (χ4n) is 3.91. The van der Waals surface area contributed by atoms with Gasteiger partial charge in [0.2, 0.25) is 15.9 Å². The van der Waals surface area contributed by atoms with E-state index in [1.807, 2.05) is 48.7 Å². The Kier molecular flexibility index (Phi) is 7.00. The molecule has 1 N–H and O–H groups in total. The van der Waals surface area contributed by atoms with E-state index >= 15 is 0 Å². The van der Waals surface area contributed by atoms with Crippen LogP contribution in [0.3, 0.4) is 0 Å². The third kappa shape index (κ3) is 5.07. The first kappa shape index (κ1) is 23.0. The van der Waals surface area contributed by atoms with Crippen LogP contribution < -0.4 is 5.32 Å². The summed E-state index contributed by atoms with van der Waals surface area (Å²) in [5.74, 6) is -0.257. The average molecular weight is 489 g/mol. The largest absolute Gasteiger partial charge is 0.344 e. The zero-order valence-corrected chi connectivity index (χ0v) is 20.1. The maximum Gasteiger partial charge on any atom is 0.243 e. The molecule has 1 aliphatic heterocycles. The van der Waals surface area contributed by atoms with E-state index in [4.69, 9.17) is 11.6 Å². The van der Waals surface area contributed by atoms with Crippen molar-refractivity contribution in [2.24, 2.45) is 5.92 Å². The molecule has 1 atom stereocenters. The Labute approximate surface area is 198 Å². The summed E-state index contributed by atoms with van der Waals surface area (Å²) < 4.78 is 27.3. The molecule has 0 spiro atoms. The van der Waals surface area contributed by atoms with Gasteiger partial charge in [-0.05, 0) is 61.0 Å². The first-order chi connectivity index (χ1) is 15.3. The van der Waals surface area contributed by atoms with Gasteiger partial charge in [0.1, 0.15) is 0 Å². The summed E-state index contributed by atoms with van der Waals surface area (Å²) in [7, 11) is -3.59. The van der Waals surface area contributed by atoms with Crippen LogP contribution in [0.5, 0.6) is 0 Å². The maximum atomic E-state index is 13.1. The Bertz CT molecular complexity index is 1150. The molecule has 1 saturated heterocycles. The van der Waals surface area contributed by atoms with Crippen LogP contribution in [0.2, 0.25) is 5.02 Å². The van der Waals surface area contributed by atoms with Gasteiger partial charge in [-0.15, -0.1) is 11.3 Å². The lowest BCUT2D eigenvalue weighted by molar-refractivity contribution is -0.126. The number of hydrogen-bond acceptors (Lipinski definition) is 4. The van der Waals surface area contributed by atoms with Crippen LogP contribution in [0.4, 0.5) is 0 Å². The van der Waals surface area contributed by atoms with E-state index in [2.05, 4.69) is 5.32 Å². The van der Waals surface area contributed by atoms with Crippen molar-refractivity contribution in [2.45, 2.75) is 30.7 Å². The predicted octanol–water partition coefficient (Wildman–Crippen LogP) is 5.02. The quantitative estimate of drug-likeness (QED) is 0.530. The van der Waals surface area contributed by atoms with E-state index in [1.54, 1.807) is 23.5 Å². The van der Waals surface area contributed by atoms with Gasteiger partial charge < -0.3 is 5.32 Å². The number of thiophene rings is 1. The fourth-order valence-corrected chi connectivity index (χ4v) is 6.31. The first-order valence-corrected chi connectivity index (χ1v) is 13.2. The Morgan fingerprint density at radius 3 is 2.31 bits per heavy atom. The highest BCUT2D eigenvalue weighted by atomic mass is 35.5. The molecule has 1 unspecified atom stereocenters. The first-order valence-electron chi connectivity index (χ1n) is 10.5. The maximum absolute atomic E-state index is 13.1. The second-order valence-corrected chi connectivity index (χ2v) is 11.4. The molecule has 8 heteroatoms. The van der Waals surface area contributed by atoms with Crippen LogP contribution in [0, 0.1) is 12.8 Å². The number of amides is 1. The van der Waals surface area contributed by atoms with Gasteiger partial charge in [0.05, 0.1) is 10.9 Å². The summed E-state index contributed by atoms with van der Waals surface area (Å²) in [6, 6.07) is 18.2. The number of nitrogens with one attached hydrogen (secondary N) is 1. The van der Waals surface area contributed by atoms with Gasteiger partial charge in [0.25, 0.3) is 0 Å². The van der Waals surface area contributed by atoms with E-state index in [0.717, 1.165) is 10.4 Å². The van der Waals surface area contributed by atoms with Crippen molar-refractivity contribution in [3.8, 4) is 0 Å². The third-order valence-corrected chi connectivity index (χ3v) is 8.90. The molecular weight excluding hydrogens is 464 g/mol. The minimum atomic E-state index is -3.59. The van der Waals surface area contributed by atoms with Gasteiger partial charge in [0.15, 0.2) is 0 Å². The number of nitrogens with zero attached hydrogens (tertiary/aromatic N) is 1. The van der Waals surface area contributed by atoms with Crippen molar-refractivity contribution in [2.75, 3.05) is 13.1 Å². The molecule has 0 bridgehead atoms. The molecule has 4 rings (SSSR count). The lowest BCUT2D eigenvalue weighted by atomic mass is 9.95. The summed E-state index contributed by atoms with van der Waals surface area (Å²) in [6.45, 7) is 2.67. The normalized spacial score (nSPS) is 16.6. The lowest BCUT2D eigenvalue weighted by Crippen LogP contribution is -2.43. The smallest absolute Gasteiger partial charge is 0.243 e. The summed E-state index contributed by atoms with van der Waals surface area (Å²) >= 11 is 7.49. The number of aryl methyl sites for hydroxylation is 1. The molecule has 0 radical (unpaired) electrons. The van der Waals surface area contributed by atoms with Crippen molar-refractivity contribution < 1.29 is 13.2 Å². The van der Waals surface area contributed by atoms with Crippen LogP contribution in [0.25, 0.3) is 0 Å². The summed E-state index contributed by atoms with van der Waals surface area (Å²) in [4.78, 5) is 14.4. The number of hydrogen-bond donors (Lipinski definition) is 1. The minimum absolute atomic E-state index is 0.0347. The molecule has 0 saturated carbocycles. The number of carbonyl (C=O) groups is 1. The Morgan fingerprint density at radius 1 is 1.06 bits per heavy atom. The van der Waals surface area contributed by atoms with Gasteiger partial charge in [-0.2, -0.15) is 4.31 Å². The molecule has 5 nitrogen and oxygen atoms in total. The number of sulfonamides is 1. The highest BCUT2D eigenvalue weighted by molar-refractivity contribution is 7.89. The zero-order chi connectivity index (χ0) is 22.7. The zero-order valence-electron chi connectivity index (χ0n) is 17.7. The molecule has 3 aromatic rings. The van der Waals surface area contributed by atoms with E-state index in [0.29, 0.717) is 31.0 Å². The van der Waals surface area contributed by atoms with Gasteiger partial charge >= 0.3 is 0 Å². The molecule has 32 heavy (non-hydrogen) atoms. The number of rotatable bonds is 6. The summed E-state index contributed by atoms with van der Waals surface area (Å²) in [5, 5.41) is 5.70. The van der Waals surface area contributed by atoms with Crippen molar-refractivity contribution in [1.82, 2.24) is 9.62 Å². The molecule has 2 aromatic carbocycles. The van der Waals surface area contributed by atoms with Crippen molar-refractivity contribution in [3.63, 3.8) is 0 Å². The number of halogens is 1. The molecule has 1 fully saturated rings. The average Bonchev–Trinajstić information content (AvgIpc) is 3.33.